The second-order valence-corrected chi connectivity index (χ2v) is 4.18. The molecule has 0 heterocycles. The molecule has 1 aromatic carbocycles. The second-order valence-electron chi connectivity index (χ2n) is 3.66. The Morgan fingerprint density at radius 3 is 2.61 bits per heavy atom. The number of alkyl halides is 2. The smallest absolute Gasteiger partial charge is 0.261 e. The summed E-state index contributed by atoms with van der Waals surface area (Å²) in [7, 11) is 0. The molecule has 0 aliphatic heterocycles. The van der Waals surface area contributed by atoms with E-state index in [0.717, 1.165) is 10.5 Å². The third-order valence-corrected chi connectivity index (χ3v) is 2.41. The number of thiol groups is 1. The first-order valence-electron chi connectivity index (χ1n) is 5.48. The van der Waals surface area contributed by atoms with Crippen LogP contribution in [0.2, 0.25) is 0 Å². The van der Waals surface area contributed by atoms with Crippen molar-refractivity contribution in [3.63, 3.8) is 0 Å². The van der Waals surface area contributed by atoms with Crippen molar-refractivity contribution in [2.45, 2.75) is 17.7 Å². The van der Waals surface area contributed by atoms with E-state index in [1.54, 1.807) is 12.1 Å². The van der Waals surface area contributed by atoms with Gasteiger partial charge in [0.25, 0.3) is 6.43 Å². The number of hydrogen-bond acceptors (Lipinski definition) is 3. The van der Waals surface area contributed by atoms with Crippen molar-refractivity contribution in [2.24, 2.45) is 0 Å². The summed E-state index contributed by atoms with van der Waals surface area (Å²) in [5.41, 5.74) is 0.874. The Bertz CT molecular complexity index is 371. The normalized spacial score (nSPS) is 10.7. The Morgan fingerprint density at radius 1 is 1.33 bits per heavy atom. The highest BCUT2D eigenvalue weighted by atomic mass is 32.1. The predicted octanol–water partition coefficient (Wildman–Crippen LogP) is 1.92. The van der Waals surface area contributed by atoms with E-state index in [4.69, 9.17) is 0 Å². The number of halogens is 2. The van der Waals surface area contributed by atoms with Gasteiger partial charge in [0.2, 0.25) is 5.91 Å². The lowest BCUT2D eigenvalue weighted by Gasteiger charge is -2.06. The minimum Gasteiger partial charge on any atom is -0.374 e. The summed E-state index contributed by atoms with van der Waals surface area (Å²) in [6.07, 6.45) is -2.22. The molecule has 0 fully saturated rings. The molecule has 0 aliphatic rings. The number of ether oxygens (including phenoxy) is 1. The van der Waals surface area contributed by atoms with Gasteiger partial charge in [0.05, 0.1) is 13.0 Å². The van der Waals surface area contributed by atoms with Gasteiger partial charge in [0.15, 0.2) is 0 Å². The number of amides is 1. The summed E-state index contributed by atoms with van der Waals surface area (Å²) < 4.78 is 28.1. The lowest BCUT2D eigenvalue weighted by Crippen LogP contribution is -2.29. The van der Waals surface area contributed by atoms with Gasteiger partial charge in [0, 0.05) is 11.4 Å². The first kappa shape index (κ1) is 14.9. The predicted molar refractivity (Wildman–Crippen MR) is 67.2 cm³/mol. The minimum atomic E-state index is -2.47. The van der Waals surface area contributed by atoms with Crippen molar-refractivity contribution in [3.8, 4) is 0 Å². The Hall–Kier alpha value is -1.14. The van der Waals surface area contributed by atoms with Crippen LogP contribution in [0.1, 0.15) is 5.56 Å². The molecule has 1 rings (SSSR count). The Kier molecular flexibility index (Phi) is 6.67. The van der Waals surface area contributed by atoms with E-state index >= 15 is 0 Å². The molecule has 0 saturated carbocycles. The van der Waals surface area contributed by atoms with Crippen LogP contribution >= 0.6 is 12.6 Å². The van der Waals surface area contributed by atoms with Crippen molar-refractivity contribution in [3.05, 3.63) is 29.8 Å². The summed E-state index contributed by atoms with van der Waals surface area (Å²) >= 11 is 4.14. The SMILES string of the molecule is O=C(Cc1ccc(S)cc1)NCCOCC(F)F. The van der Waals surface area contributed by atoms with Crippen LogP contribution in [0.25, 0.3) is 0 Å². The van der Waals surface area contributed by atoms with Gasteiger partial charge in [-0.25, -0.2) is 8.78 Å². The molecule has 0 bridgehead atoms. The van der Waals surface area contributed by atoms with Crippen LogP contribution in [0.4, 0.5) is 8.78 Å². The van der Waals surface area contributed by atoms with Gasteiger partial charge in [0.1, 0.15) is 6.61 Å². The minimum absolute atomic E-state index is 0.0889. The van der Waals surface area contributed by atoms with Crippen LogP contribution in [0.5, 0.6) is 0 Å². The number of carbonyl (C=O) groups excluding carboxylic acids is 1. The van der Waals surface area contributed by atoms with Crippen LogP contribution in [-0.2, 0) is 16.0 Å². The van der Waals surface area contributed by atoms with Gasteiger partial charge in [-0.05, 0) is 17.7 Å². The summed E-state index contributed by atoms with van der Waals surface area (Å²) in [6, 6.07) is 7.24. The highest BCUT2D eigenvalue weighted by Gasteiger charge is 2.04. The molecular weight excluding hydrogens is 260 g/mol. The topological polar surface area (TPSA) is 38.3 Å². The van der Waals surface area contributed by atoms with Gasteiger partial charge in [-0.15, -0.1) is 12.6 Å². The fourth-order valence-corrected chi connectivity index (χ4v) is 1.45. The zero-order valence-corrected chi connectivity index (χ0v) is 10.6. The molecule has 1 amide bonds. The molecule has 0 aromatic heterocycles. The number of hydrogen-bond donors (Lipinski definition) is 2. The van der Waals surface area contributed by atoms with Crippen LogP contribution in [0.15, 0.2) is 29.2 Å². The number of carbonyl (C=O) groups is 1. The molecule has 0 unspecified atom stereocenters. The lowest BCUT2D eigenvalue weighted by atomic mass is 10.1. The quantitative estimate of drug-likeness (QED) is 0.589. The highest BCUT2D eigenvalue weighted by Crippen LogP contribution is 2.07. The third kappa shape index (κ3) is 6.56. The van der Waals surface area contributed by atoms with Gasteiger partial charge >= 0.3 is 0 Å². The standard InChI is InChI=1S/C12H15F2NO2S/c13-11(14)8-17-6-5-15-12(16)7-9-1-3-10(18)4-2-9/h1-4,11,18H,5-8H2,(H,15,16). The van der Waals surface area contributed by atoms with E-state index < -0.39 is 13.0 Å². The number of nitrogens with one attached hydrogen (secondary N) is 1. The third-order valence-electron chi connectivity index (χ3n) is 2.11. The first-order valence-corrected chi connectivity index (χ1v) is 5.93. The molecule has 100 valence electrons. The van der Waals surface area contributed by atoms with E-state index in [-0.39, 0.29) is 25.5 Å². The fourth-order valence-electron chi connectivity index (χ4n) is 1.30. The van der Waals surface area contributed by atoms with Crippen LogP contribution in [-0.4, -0.2) is 32.1 Å². The fraction of sp³-hybridized carbons (Fsp3) is 0.417. The second kappa shape index (κ2) is 8.05. The zero-order valence-electron chi connectivity index (χ0n) is 9.73. The van der Waals surface area contributed by atoms with Crippen molar-refractivity contribution >= 4 is 18.5 Å². The summed E-state index contributed by atoms with van der Waals surface area (Å²) in [4.78, 5) is 12.3. The molecule has 3 nitrogen and oxygen atoms in total. The van der Waals surface area contributed by atoms with Crippen molar-refractivity contribution in [1.82, 2.24) is 5.32 Å². The van der Waals surface area contributed by atoms with Gasteiger partial charge in [-0.2, -0.15) is 0 Å². The molecule has 18 heavy (non-hydrogen) atoms. The average Bonchev–Trinajstić information content (AvgIpc) is 2.31. The molecule has 0 aliphatic carbocycles. The summed E-state index contributed by atoms with van der Waals surface area (Å²) in [6.45, 7) is -0.277. The van der Waals surface area contributed by atoms with Crippen molar-refractivity contribution in [2.75, 3.05) is 19.8 Å². The molecule has 0 radical (unpaired) electrons. The largest absolute Gasteiger partial charge is 0.374 e. The zero-order chi connectivity index (χ0) is 13.4. The summed E-state index contributed by atoms with van der Waals surface area (Å²) in [5.74, 6) is -0.164. The lowest BCUT2D eigenvalue weighted by molar-refractivity contribution is -0.120. The maximum absolute atomic E-state index is 11.7. The highest BCUT2D eigenvalue weighted by molar-refractivity contribution is 7.80. The van der Waals surface area contributed by atoms with E-state index in [0.29, 0.717) is 0 Å². The Labute approximate surface area is 110 Å². The molecule has 1 N–H and O–H groups in total. The maximum atomic E-state index is 11.7. The van der Waals surface area contributed by atoms with Crippen LogP contribution in [0.3, 0.4) is 0 Å². The van der Waals surface area contributed by atoms with E-state index in [2.05, 4.69) is 22.7 Å². The number of benzene rings is 1. The Balaban J connectivity index is 2.16. The molecule has 6 heteroatoms. The van der Waals surface area contributed by atoms with Crippen molar-refractivity contribution in [1.29, 1.82) is 0 Å². The van der Waals surface area contributed by atoms with Crippen LogP contribution in [0, 0.1) is 0 Å². The molecule has 0 spiro atoms. The van der Waals surface area contributed by atoms with Gasteiger partial charge in [-0.3, -0.25) is 4.79 Å². The Morgan fingerprint density at radius 2 is 2.00 bits per heavy atom. The van der Waals surface area contributed by atoms with Crippen molar-refractivity contribution < 1.29 is 18.3 Å². The summed E-state index contributed by atoms with van der Waals surface area (Å²) in [5, 5.41) is 2.59. The first-order chi connectivity index (χ1) is 8.58. The molecule has 0 atom stereocenters. The number of rotatable bonds is 7. The van der Waals surface area contributed by atoms with Gasteiger partial charge in [-0.1, -0.05) is 12.1 Å². The monoisotopic (exact) mass is 275 g/mol. The van der Waals surface area contributed by atoms with E-state index in [9.17, 15) is 13.6 Å². The van der Waals surface area contributed by atoms with Gasteiger partial charge < -0.3 is 10.1 Å². The average molecular weight is 275 g/mol. The molecular formula is C12H15F2NO2S. The van der Waals surface area contributed by atoms with E-state index in [1.807, 2.05) is 12.1 Å². The molecule has 0 saturated heterocycles. The maximum Gasteiger partial charge on any atom is 0.261 e. The van der Waals surface area contributed by atoms with Crippen LogP contribution < -0.4 is 5.32 Å². The molecule has 1 aromatic rings. The van der Waals surface area contributed by atoms with E-state index in [1.165, 1.54) is 0 Å².